The van der Waals surface area contributed by atoms with Gasteiger partial charge in [0.2, 0.25) is 11.8 Å². The first-order chi connectivity index (χ1) is 13.6. The zero-order valence-electron chi connectivity index (χ0n) is 15.4. The Kier molecular flexibility index (Phi) is 3.61. The zero-order valence-corrected chi connectivity index (χ0v) is 15.4. The van der Waals surface area contributed by atoms with Crippen molar-refractivity contribution in [3.63, 3.8) is 0 Å². The van der Waals surface area contributed by atoms with E-state index in [2.05, 4.69) is 15.4 Å². The predicted molar refractivity (Wildman–Crippen MR) is 101 cm³/mol. The summed E-state index contributed by atoms with van der Waals surface area (Å²) in [4.78, 5) is 32.2. The maximum absolute atomic E-state index is 13.2. The van der Waals surface area contributed by atoms with Crippen LogP contribution in [-0.2, 0) is 28.6 Å². The van der Waals surface area contributed by atoms with Crippen LogP contribution in [0.1, 0.15) is 23.6 Å². The number of benzene rings is 1. The number of rotatable bonds is 3. The van der Waals surface area contributed by atoms with Gasteiger partial charge in [0, 0.05) is 43.4 Å². The molecule has 2 amide bonds. The quantitative estimate of drug-likeness (QED) is 0.750. The lowest BCUT2D eigenvalue weighted by atomic mass is 9.73. The van der Waals surface area contributed by atoms with Gasteiger partial charge in [-0.3, -0.25) is 14.3 Å². The van der Waals surface area contributed by atoms with Gasteiger partial charge in [0.05, 0.1) is 18.6 Å². The van der Waals surface area contributed by atoms with Crippen molar-refractivity contribution in [2.45, 2.75) is 24.4 Å². The molecule has 3 aromatic rings. The molecule has 2 atom stereocenters. The van der Waals surface area contributed by atoms with Crippen LogP contribution < -0.4 is 5.32 Å². The fourth-order valence-corrected chi connectivity index (χ4v) is 4.63. The lowest BCUT2D eigenvalue weighted by molar-refractivity contribution is -0.134. The van der Waals surface area contributed by atoms with E-state index in [9.17, 15) is 9.59 Å². The van der Waals surface area contributed by atoms with Crippen LogP contribution in [0.5, 0.6) is 0 Å². The second-order valence-corrected chi connectivity index (χ2v) is 7.39. The molecule has 2 aliphatic heterocycles. The molecule has 1 spiro atoms. The molecule has 1 saturated heterocycles. The van der Waals surface area contributed by atoms with Gasteiger partial charge in [-0.05, 0) is 18.1 Å². The van der Waals surface area contributed by atoms with Crippen molar-refractivity contribution in [2.75, 3.05) is 11.9 Å². The van der Waals surface area contributed by atoms with Gasteiger partial charge in [-0.1, -0.05) is 18.2 Å². The average molecular weight is 376 g/mol. The largest absolute Gasteiger partial charge is 0.332 e. The number of imidazole rings is 1. The van der Waals surface area contributed by atoms with E-state index in [1.54, 1.807) is 34.2 Å². The molecule has 2 aliphatic rings. The van der Waals surface area contributed by atoms with Crippen molar-refractivity contribution in [1.82, 2.24) is 24.2 Å². The van der Waals surface area contributed by atoms with E-state index in [0.717, 1.165) is 16.8 Å². The van der Waals surface area contributed by atoms with Crippen molar-refractivity contribution in [3.05, 3.63) is 66.5 Å². The van der Waals surface area contributed by atoms with Crippen LogP contribution in [0.3, 0.4) is 0 Å². The molecule has 8 nitrogen and oxygen atoms in total. The number of aromatic nitrogens is 4. The molecule has 28 heavy (non-hydrogen) atoms. The molecule has 2 unspecified atom stereocenters. The Hall–Kier alpha value is -3.42. The standard InChI is InChI=1S/C20H20N6O2/c1-24-11-14(10-22-24)18-20(15-4-2-3-5-16(15)23-19(20)28)6-8-26(18)17(27)12-25-9-7-21-13-25/h2-5,7,9-11,13,18H,6,8,12H2,1H3,(H,23,28). The highest BCUT2D eigenvalue weighted by molar-refractivity contribution is 6.07. The molecule has 2 aromatic heterocycles. The molecule has 0 aliphatic carbocycles. The number of fused-ring (bicyclic) bond motifs is 2. The van der Waals surface area contributed by atoms with Crippen LogP contribution in [0.2, 0.25) is 0 Å². The SMILES string of the molecule is Cn1cc(C2N(C(=O)Cn3ccnc3)CCC23C(=O)Nc2ccccc23)cn1. The van der Waals surface area contributed by atoms with Crippen molar-refractivity contribution in [2.24, 2.45) is 7.05 Å². The highest BCUT2D eigenvalue weighted by Crippen LogP contribution is 2.54. The van der Waals surface area contributed by atoms with Gasteiger partial charge >= 0.3 is 0 Å². The van der Waals surface area contributed by atoms with Crippen molar-refractivity contribution >= 4 is 17.5 Å². The minimum Gasteiger partial charge on any atom is -0.332 e. The number of likely N-dealkylation sites (tertiary alicyclic amines) is 1. The third-order valence-electron chi connectivity index (χ3n) is 5.82. The first kappa shape index (κ1) is 16.7. The molecule has 1 N–H and O–H groups in total. The number of carbonyl (C=O) groups excluding carboxylic acids is 2. The van der Waals surface area contributed by atoms with Crippen LogP contribution in [0, 0.1) is 0 Å². The number of nitrogens with one attached hydrogen (secondary N) is 1. The lowest BCUT2D eigenvalue weighted by Crippen LogP contribution is -2.43. The lowest BCUT2D eigenvalue weighted by Gasteiger charge is -2.33. The molecule has 5 rings (SSSR count). The Labute approximate surface area is 161 Å². The topological polar surface area (TPSA) is 85.0 Å². The number of carbonyl (C=O) groups is 2. The van der Waals surface area contributed by atoms with Gasteiger partial charge in [0.25, 0.3) is 0 Å². The molecule has 0 saturated carbocycles. The minimum atomic E-state index is -0.801. The normalized spacial score (nSPS) is 23.2. The highest BCUT2D eigenvalue weighted by Gasteiger charge is 2.59. The van der Waals surface area contributed by atoms with Crippen molar-refractivity contribution in [3.8, 4) is 0 Å². The van der Waals surface area contributed by atoms with Gasteiger partial charge in [0.15, 0.2) is 0 Å². The van der Waals surface area contributed by atoms with E-state index < -0.39 is 11.5 Å². The minimum absolute atomic E-state index is 0.0408. The van der Waals surface area contributed by atoms with Crippen molar-refractivity contribution < 1.29 is 9.59 Å². The number of amides is 2. The van der Waals surface area contributed by atoms with E-state index in [4.69, 9.17) is 0 Å². The van der Waals surface area contributed by atoms with Crippen LogP contribution in [-0.4, -0.2) is 42.6 Å². The Bertz CT molecular complexity index is 1060. The van der Waals surface area contributed by atoms with Gasteiger partial charge in [-0.2, -0.15) is 5.10 Å². The molecule has 0 radical (unpaired) electrons. The summed E-state index contributed by atoms with van der Waals surface area (Å²) in [5.41, 5.74) is 1.84. The number of nitrogens with zero attached hydrogens (tertiary/aromatic N) is 5. The maximum atomic E-state index is 13.2. The van der Waals surface area contributed by atoms with Crippen LogP contribution >= 0.6 is 0 Å². The Morgan fingerprint density at radius 1 is 1.36 bits per heavy atom. The number of hydrogen-bond acceptors (Lipinski definition) is 4. The Balaban J connectivity index is 1.61. The molecule has 8 heteroatoms. The fourth-order valence-electron chi connectivity index (χ4n) is 4.63. The van der Waals surface area contributed by atoms with Crippen molar-refractivity contribution in [1.29, 1.82) is 0 Å². The third kappa shape index (κ3) is 2.30. The van der Waals surface area contributed by atoms with Crippen LogP contribution in [0.25, 0.3) is 0 Å². The summed E-state index contributed by atoms with van der Waals surface area (Å²) in [7, 11) is 1.84. The first-order valence-corrected chi connectivity index (χ1v) is 9.24. The summed E-state index contributed by atoms with van der Waals surface area (Å²) in [6.07, 6.45) is 9.26. The summed E-state index contributed by atoms with van der Waals surface area (Å²) in [6.45, 7) is 0.699. The van der Waals surface area contributed by atoms with E-state index in [1.807, 2.05) is 42.4 Å². The highest BCUT2D eigenvalue weighted by atomic mass is 16.2. The smallest absolute Gasteiger partial charge is 0.243 e. The van der Waals surface area contributed by atoms with E-state index in [1.165, 1.54) is 0 Å². The molecular formula is C20H20N6O2. The van der Waals surface area contributed by atoms with E-state index in [0.29, 0.717) is 13.0 Å². The summed E-state index contributed by atoms with van der Waals surface area (Å²) >= 11 is 0. The van der Waals surface area contributed by atoms with Gasteiger partial charge in [-0.15, -0.1) is 0 Å². The van der Waals surface area contributed by atoms with E-state index >= 15 is 0 Å². The maximum Gasteiger partial charge on any atom is 0.243 e. The van der Waals surface area contributed by atoms with Crippen LogP contribution in [0.15, 0.2) is 55.4 Å². The van der Waals surface area contributed by atoms with Gasteiger partial charge < -0.3 is 14.8 Å². The fraction of sp³-hybridized carbons (Fsp3) is 0.300. The average Bonchev–Trinajstić information content (AvgIpc) is 3.44. The Morgan fingerprint density at radius 3 is 2.96 bits per heavy atom. The number of aryl methyl sites for hydroxylation is 1. The third-order valence-corrected chi connectivity index (χ3v) is 5.82. The monoisotopic (exact) mass is 376 g/mol. The molecule has 1 aromatic carbocycles. The first-order valence-electron chi connectivity index (χ1n) is 9.24. The summed E-state index contributed by atoms with van der Waals surface area (Å²) in [5.74, 6) is -0.0959. The molecule has 142 valence electrons. The zero-order chi connectivity index (χ0) is 19.3. The molecular weight excluding hydrogens is 356 g/mol. The summed E-state index contributed by atoms with van der Waals surface area (Å²) in [6, 6.07) is 7.35. The second-order valence-electron chi connectivity index (χ2n) is 7.39. The number of anilines is 1. The number of para-hydroxylation sites is 1. The van der Waals surface area contributed by atoms with E-state index in [-0.39, 0.29) is 18.4 Å². The van der Waals surface area contributed by atoms with Gasteiger partial charge in [0.1, 0.15) is 12.0 Å². The predicted octanol–water partition coefficient (Wildman–Crippen LogP) is 1.48. The summed E-state index contributed by atoms with van der Waals surface area (Å²) < 4.78 is 3.45. The second kappa shape index (κ2) is 6.05. The number of hydrogen-bond donors (Lipinski definition) is 1. The summed E-state index contributed by atoms with van der Waals surface area (Å²) in [5, 5.41) is 7.32. The van der Waals surface area contributed by atoms with Crippen LogP contribution in [0.4, 0.5) is 5.69 Å². The van der Waals surface area contributed by atoms with Gasteiger partial charge in [-0.25, -0.2) is 4.98 Å². The molecule has 0 bridgehead atoms. The molecule has 4 heterocycles. The molecule has 1 fully saturated rings. The Morgan fingerprint density at radius 2 is 2.21 bits per heavy atom.